The number of hydrogen-bond acceptors (Lipinski definition) is 5. The van der Waals surface area contributed by atoms with Gasteiger partial charge in [0.1, 0.15) is 4.75 Å². The summed E-state index contributed by atoms with van der Waals surface area (Å²) in [6.07, 6.45) is 4.29. The Morgan fingerprint density at radius 1 is 1.00 bits per heavy atom. The minimum Gasteiger partial charge on any atom is -0.379 e. The van der Waals surface area contributed by atoms with Crippen molar-refractivity contribution in [2.45, 2.75) is 47.9 Å². The average molecular weight is 602 g/mol. The summed E-state index contributed by atoms with van der Waals surface area (Å²) in [6, 6.07) is 25.4. The number of Topliss-reactive ketones (excluding diaryl/α,β-unsaturated/α-hetero) is 1. The first-order chi connectivity index (χ1) is 20.5. The lowest BCUT2D eigenvalue weighted by Crippen LogP contribution is -2.42. The van der Waals surface area contributed by atoms with E-state index in [2.05, 4.69) is 9.88 Å². The predicted octanol–water partition coefficient (Wildman–Crippen LogP) is 6.90. The molecule has 1 N–H and O–H groups in total. The molecule has 8 heteroatoms. The summed E-state index contributed by atoms with van der Waals surface area (Å²) in [5.41, 5.74) is 2.89. The Balaban J connectivity index is 1.37. The van der Waals surface area contributed by atoms with Crippen molar-refractivity contribution in [1.29, 1.82) is 0 Å². The Hall–Kier alpha value is -3.10. The van der Waals surface area contributed by atoms with Crippen LogP contribution in [0.3, 0.4) is 0 Å². The van der Waals surface area contributed by atoms with Gasteiger partial charge in [-0.3, -0.25) is 14.5 Å². The molecule has 0 saturated carbocycles. The van der Waals surface area contributed by atoms with Crippen molar-refractivity contribution < 1.29 is 14.3 Å². The van der Waals surface area contributed by atoms with Crippen molar-refractivity contribution in [3.05, 3.63) is 101 Å². The number of aromatic nitrogens is 1. The van der Waals surface area contributed by atoms with Crippen molar-refractivity contribution in [2.75, 3.05) is 32.8 Å². The van der Waals surface area contributed by atoms with Crippen LogP contribution in [0.15, 0.2) is 90.0 Å². The van der Waals surface area contributed by atoms with E-state index >= 15 is 0 Å². The fourth-order valence-corrected chi connectivity index (χ4v) is 7.96. The monoisotopic (exact) mass is 601 g/mol. The maximum absolute atomic E-state index is 14.6. The van der Waals surface area contributed by atoms with Crippen LogP contribution in [0, 0.1) is 0 Å². The average Bonchev–Trinajstić information content (AvgIpc) is 3.54. The number of likely N-dealkylation sites (tertiary alicyclic amines) is 1. The molecule has 2 saturated heterocycles. The summed E-state index contributed by atoms with van der Waals surface area (Å²) in [4.78, 5) is 37.3. The molecule has 2 fully saturated rings. The van der Waals surface area contributed by atoms with Gasteiger partial charge in [0.2, 0.25) is 5.91 Å². The van der Waals surface area contributed by atoms with E-state index in [0.29, 0.717) is 18.0 Å². The van der Waals surface area contributed by atoms with Crippen LogP contribution in [0.4, 0.5) is 0 Å². The standard InChI is InChI=1S/C34H36ClN3O3S/c35-26-14-15-28-29(23-36-30(28)21-26)33-34(42-27-11-5-2-6-12-27,22-32(40)38(33)24-25-9-3-1-4-10-25)31(39)13-7-8-16-37-17-19-41-20-18-37/h1-6,9-12,14-15,21,23,33,36H,7-8,13,16-20,22,24H2/t33-,34-/m0/s1. The lowest BCUT2D eigenvalue weighted by Gasteiger charge is -2.36. The maximum atomic E-state index is 14.6. The van der Waals surface area contributed by atoms with Crippen LogP contribution < -0.4 is 0 Å². The molecule has 1 amide bonds. The topological polar surface area (TPSA) is 65.6 Å². The molecular weight excluding hydrogens is 566 g/mol. The van der Waals surface area contributed by atoms with Crippen LogP contribution >= 0.6 is 23.4 Å². The van der Waals surface area contributed by atoms with Gasteiger partial charge in [0, 0.05) is 58.6 Å². The lowest BCUT2D eigenvalue weighted by molar-refractivity contribution is -0.129. The summed E-state index contributed by atoms with van der Waals surface area (Å²) in [5.74, 6) is 0.132. The second-order valence-electron chi connectivity index (χ2n) is 11.2. The summed E-state index contributed by atoms with van der Waals surface area (Å²) >= 11 is 7.88. The van der Waals surface area contributed by atoms with Crippen molar-refractivity contribution in [3.63, 3.8) is 0 Å². The highest BCUT2D eigenvalue weighted by Gasteiger charge is 2.57. The second-order valence-corrected chi connectivity index (χ2v) is 13.0. The predicted molar refractivity (Wildman–Crippen MR) is 169 cm³/mol. The highest BCUT2D eigenvalue weighted by molar-refractivity contribution is 8.01. The molecule has 42 heavy (non-hydrogen) atoms. The van der Waals surface area contributed by atoms with Crippen molar-refractivity contribution in [3.8, 4) is 0 Å². The molecule has 4 aromatic rings. The van der Waals surface area contributed by atoms with Crippen LogP contribution in [0.2, 0.25) is 5.02 Å². The number of carbonyl (C=O) groups is 2. The molecule has 3 heterocycles. The number of ether oxygens (including phenoxy) is 1. The van der Waals surface area contributed by atoms with E-state index in [1.807, 2.05) is 90.0 Å². The maximum Gasteiger partial charge on any atom is 0.225 e. The Morgan fingerprint density at radius 3 is 2.50 bits per heavy atom. The molecular formula is C34H36ClN3O3S. The van der Waals surface area contributed by atoms with E-state index in [4.69, 9.17) is 16.3 Å². The Labute approximate surface area is 256 Å². The Morgan fingerprint density at radius 2 is 1.74 bits per heavy atom. The zero-order valence-electron chi connectivity index (χ0n) is 23.6. The summed E-state index contributed by atoms with van der Waals surface area (Å²) in [7, 11) is 0. The fraction of sp³-hybridized carbons (Fsp3) is 0.353. The number of unbranched alkanes of at least 4 members (excludes halogenated alkanes) is 1. The molecule has 218 valence electrons. The first kappa shape index (κ1) is 29.0. The third-order valence-electron chi connectivity index (χ3n) is 8.40. The zero-order valence-corrected chi connectivity index (χ0v) is 25.2. The van der Waals surface area contributed by atoms with Gasteiger partial charge < -0.3 is 14.6 Å². The number of rotatable bonds is 11. The van der Waals surface area contributed by atoms with Crippen LogP contribution in [0.25, 0.3) is 10.9 Å². The molecule has 0 bridgehead atoms. The SMILES string of the molecule is O=C1C[C@](Sc2ccccc2)(C(=O)CCCCN2CCOCC2)[C@H](c2c[nH]c3cc(Cl)ccc23)N1Cc1ccccc1. The number of nitrogens with zero attached hydrogens (tertiary/aromatic N) is 2. The first-order valence-electron chi connectivity index (χ1n) is 14.7. The van der Waals surface area contributed by atoms with Crippen LogP contribution in [-0.2, 0) is 20.9 Å². The highest BCUT2D eigenvalue weighted by atomic mass is 35.5. The molecule has 3 aromatic carbocycles. The largest absolute Gasteiger partial charge is 0.379 e. The van der Waals surface area contributed by atoms with Gasteiger partial charge in [-0.2, -0.15) is 0 Å². The summed E-state index contributed by atoms with van der Waals surface area (Å²) < 4.78 is 4.51. The van der Waals surface area contributed by atoms with E-state index in [9.17, 15) is 9.59 Å². The number of nitrogens with one attached hydrogen (secondary N) is 1. The number of halogens is 1. The molecule has 0 aliphatic carbocycles. The van der Waals surface area contributed by atoms with Gasteiger partial charge in [0.25, 0.3) is 0 Å². The van der Waals surface area contributed by atoms with Crippen molar-refractivity contribution >= 4 is 46.0 Å². The molecule has 2 atom stereocenters. The Bertz CT molecular complexity index is 1520. The van der Waals surface area contributed by atoms with Gasteiger partial charge in [-0.05, 0) is 49.2 Å². The van der Waals surface area contributed by atoms with Gasteiger partial charge in [0.05, 0.1) is 25.7 Å². The van der Waals surface area contributed by atoms with Gasteiger partial charge >= 0.3 is 0 Å². The first-order valence-corrected chi connectivity index (χ1v) is 15.9. The van der Waals surface area contributed by atoms with Crippen LogP contribution in [0.5, 0.6) is 0 Å². The normalized spacial score (nSPS) is 21.3. The number of ketones is 1. The Kier molecular flexibility index (Phi) is 9.00. The highest BCUT2D eigenvalue weighted by Crippen LogP contribution is 2.55. The van der Waals surface area contributed by atoms with Gasteiger partial charge in [-0.25, -0.2) is 0 Å². The number of benzene rings is 3. The minimum absolute atomic E-state index is 0.00253. The number of amides is 1. The molecule has 6 nitrogen and oxygen atoms in total. The van der Waals surface area contributed by atoms with Gasteiger partial charge in [0.15, 0.2) is 5.78 Å². The van der Waals surface area contributed by atoms with E-state index in [1.165, 1.54) is 0 Å². The van der Waals surface area contributed by atoms with Crippen molar-refractivity contribution in [1.82, 2.24) is 14.8 Å². The number of morpholine rings is 1. The van der Waals surface area contributed by atoms with E-state index in [0.717, 1.165) is 72.6 Å². The molecule has 2 aliphatic rings. The molecule has 6 rings (SSSR count). The molecule has 0 unspecified atom stereocenters. The minimum atomic E-state index is -0.971. The smallest absolute Gasteiger partial charge is 0.225 e. The van der Waals surface area contributed by atoms with Crippen LogP contribution in [-0.4, -0.2) is 64.1 Å². The molecule has 1 aromatic heterocycles. The van der Waals surface area contributed by atoms with Gasteiger partial charge in [-0.15, -0.1) is 11.8 Å². The van der Waals surface area contributed by atoms with Crippen LogP contribution in [0.1, 0.15) is 42.9 Å². The van der Waals surface area contributed by atoms with E-state index in [1.54, 1.807) is 11.8 Å². The second kappa shape index (κ2) is 13.0. The molecule has 0 spiro atoms. The number of hydrogen-bond donors (Lipinski definition) is 1. The molecule has 0 radical (unpaired) electrons. The zero-order chi connectivity index (χ0) is 28.9. The number of carbonyl (C=O) groups excluding carboxylic acids is 2. The third kappa shape index (κ3) is 6.16. The fourth-order valence-electron chi connectivity index (χ4n) is 6.30. The lowest BCUT2D eigenvalue weighted by atomic mass is 9.86. The number of fused-ring (bicyclic) bond motifs is 1. The number of thioether (sulfide) groups is 1. The van der Waals surface area contributed by atoms with Crippen molar-refractivity contribution in [2.24, 2.45) is 0 Å². The number of H-pyrrole nitrogens is 1. The van der Waals surface area contributed by atoms with E-state index in [-0.39, 0.29) is 18.1 Å². The summed E-state index contributed by atoms with van der Waals surface area (Å²) in [5, 5.41) is 1.62. The quantitative estimate of drug-likeness (QED) is 0.190. The van der Waals surface area contributed by atoms with Gasteiger partial charge in [-0.1, -0.05) is 66.2 Å². The summed E-state index contributed by atoms with van der Waals surface area (Å²) in [6.45, 7) is 4.82. The molecule has 2 aliphatic heterocycles. The third-order valence-corrected chi connectivity index (χ3v) is 10.1. The number of aromatic amines is 1. The van der Waals surface area contributed by atoms with E-state index < -0.39 is 10.8 Å².